The number of amides is 1. The van der Waals surface area contributed by atoms with Crippen LogP contribution in [0.15, 0.2) is 24.3 Å². The van der Waals surface area contributed by atoms with E-state index in [0.29, 0.717) is 60.6 Å². The van der Waals surface area contributed by atoms with Gasteiger partial charge in [0.25, 0.3) is 0 Å². The summed E-state index contributed by atoms with van der Waals surface area (Å²) >= 11 is 0. The highest BCUT2D eigenvalue weighted by Gasteiger charge is 2.18. The number of hydrogen-bond acceptors (Lipinski definition) is 9. The van der Waals surface area contributed by atoms with Crippen molar-refractivity contribution >= 4 is 5.91 Å². The van der Waals surface area contributed by atoms with E-state index >= 15 is 0 Å². The third-order valence-electron chi connectivity index (χ3n) is 5.26. The molecule has 0 saturated heterocycles. The Kier molecular flexibility index (Phi) is 10.6. The van der Waals surface area contributed by atoms with Crippen molar-refractivity contribution < 1.29 is 38.4 Å². The molecule has 2 aromatic rings. The second kappa shape index (κ2) is 13.4. The maximum atomic E-state index is 11.5. The first-order valence-electron chi connectivity index (χ1n) is 10.7. The molecule has 0 unspecified atom stereocenters. The molecule has 10 nitrogen and oxygen atoms in total. The molecule has 10 heteroatoms. The lowest BCUT2D eigenvalue weighted by Gasteiger charge is -2.24. The van der Waals surface area contributed by atoms with E-state index in [9.17, 15) is 4.79 Å². The van der Waals surface area contributed by atoms with Gasteiger partial charge in [0.05, 0.1) is 42.7 Å². The number of nitrogens with one attached hydrogen (secondary N) is 1. The largest absolute Gasteiger partial charge is 0.493 e. The zero-order valence-corrected chi connectivity index (χ0v) is 20.6. The van der Waals surface area contributed by atoms with Crippen LogP contribution in [-0.4, -0.2) is 65.2 Å². The van der Waals surface area contributed by atoms with E-state index in [0.717, 1.165) is 11.1 Å². The van der Waals surface area contributed by atoms with E-state index in [1.54, 1.807) is 48.1 Å². The van der Waals surface area contributed by atoms with E-state index in [-0.39, 0.29) is 6.42 Å². The SMILES string of the molecule is COc1cc(CN(CCCC(=O)NO)Cc2cc(OC)c(OC)c(OC)c2)cc(OC)c1OC. The van der Waals surface area contributed by atoms with Crippen molar-refractivity contribution in [3.8, 4) is 34.5 Å². The summed E-state index contributed by atoms with van der Waals surface area (Å²) in [6.45, 7) is 1.66. The molecule has 2 N–H and O–H groups in total. The van der Waals surface area contributed by atoms with Gasteiger partial charge >= 0.3 is 0 Å². The number of ether oxygens (including phenoxy) is 6. The second-order valence-electron chi connectivity index (χ2n) is 7.42. The second-order valence-corrected chi connectivity index (χ2v) is 7.42. The van der Waals surface area contributed by atoms with Crippen LogP contribution in [0.3, 0.4) is 0 Å². The van der Waals surface area contributed by atoms with Crippen molar-refractivity contribution in [2.24, 2.45) is 0 Å². The molecule has 0 fully saturated rings. The number of carbonyl (C=O) groups is 1. The fourth-order valence-electron chi connectivity index (χ4n) is 3.70. The molecule has 2 aromatic carbocycles. The van der Waals surface area contributed by atoms with Gasteiger partial charge < -0.3 is 28.4 Å². The maximum Gasteiger partial charge on any atom is 0.243 e. The Bertz CT molecular complexity index is 835. The number of hydroxylamine groups is 1. The van der Waals surface area contributed by atoms with Crippen molar-refractivity contribution in [1.29, 1.82) is 0 Å². The van der Waals surface area contributed by atoms with Crippen LogP contribution in [-0.2, 0) is 17.9 Å². The number of carbonyl (C=O) groups excluding carboxylic acids is 1. The average molecular weight is 479 g/mol. The Hall–Kier alpha value is -3.37. The molecule has 0 aliphatic carbocycles. The lowest BCUT2D eigenvalue weighted by atomic mass is 10.1. The van der Waals surface area contributed by atoms with Crippen molar-refractivity contribution in [2.45, 2.75) is 25.9 Å². The Morgan fingerprint density at radius 1 is 0.735 bits per heavy atom. The summed E-state index contributed by atoms with van der Waals surface area (Å²) in [5.41, 5.74) is 3.55. The zero-order valence-electron chi connectivity index (χ0n) is 20.6. The van der Waals surface area contributed by atoms with Gasteiger partial charge in [0, 0.05) is 19.5 Å². The van der Waals surface area contributed by atoms with Crippen molar-refractivity contribution in [1.82, 2.24) is 10.4 Å². The first-order valence-corrected chi connectivity index (χ1v) is 10.7. The lowest BCUT2D eigenvalue weighted by Crippen LogP contribution is -2.26. The van der Waals surface area contributed by atoms with Crippen LogP contribution in [0.2, 0.25) is 0 Å². The molecule has 34 heavy (non-hydrogen) atoms. The number of nitrogens with zero attached hydrogens (tertiary/aromatic N) is 1. The highest BCUT2D eigenvalue weighted by Crippen LogP contribution is 2.40. The molecule has 0 radical (unpaired) electrons. The molecule has 0 saturated carbocycles. The monoisotopic (exact) mass is 478 g/mol. The predicted molar refractivity (Wildman–Crippen MR) is 125 cm³/mol. The summed E-state index contributed by atoms with van der Waals surface area (Å²) in [6.07, 6.45) is 0.735. The lowest BCUT2D eigenvalue weighted by molar-refractivity contribution is -0.129. The van der Waals surface area contributed by atoms with Crippen LogP contribution in [0.5, 0.6) is 34.5 Å². The van der Waals surface area contributed by atoms with Crippen LogP contribution in [0.25, 0.3) is 0 Å². The molecular weight excluding hydrogens is 444 g/mol. The van der Waals surface area contributed by atoms with E-state index in [1.807, 2.05) is 24.3 Å². The fraction of sp³-hybridized carbons (Fsp3) is 0.458. The summed E-state index contributed by atoms with van der Waals surface area (Å²) in [5, 5.41) is 8.81. The van der Waals surface area contributed by atoms with E-state index in [4.69, 9.17) is 33.6 Å². The standard InChI is InChI=1S/C24H34N2O8/c1-29-18-10-16(11-19(30-2)23(18)33-5)14-26(9-7-8-22(27)25-28)15-17-12-20(31-3)24(34-6)21(13-17)32-4/h10-13,28H,7-9,14-15H2,1-6H3,(H,25,27). The molecule has 0 aromatic heterocycles. The predicted octanol–water partition coefficient (Wildman–Crippen LogP) is 3.03. The molecule has 0 bridgehead atoms. The van der Waals surface area contributed by atoms with Crippen LogP contribution >= 0.6 is 0 Å². The first kappa shape index (κ1) is 26.9. The van der Waals surface area contributed by atoms with Gasteiger partial charge in [-0.15, -0.1) is 0 Å². The summed E-state index contributed by atoms with van der Waals surface area (Å²) in [5.74, 6) is 2.84. The Morgan fingerprint density at radius 3 is 1.41 bits per heavy atom. The molecule has 0 aliphatic rings. The topological polar surface area (TPSA) is 108 Å². The molecule has 0 heterocycles. The van der Waals surface area contributed by atoms with Crippen LogP contribution in [0.4, 0.5) is 0 Å². The molecule has 0 atom stereocenters. The Balaban J connectivity index is 2.36. The molecule has 188 valence electrons. The number of hydrogen-bond donors (Lipinski definition) is 2. The summed E-state index contributed by atoms with van der Waals surface area (Å²) in [7, 11) is 9.40. The highest BCUT2D eigenvalue weighted by atomic mass is 16.5. The maximum absolute atomic E-state index is 11.5. The molecular formula is C24H34N2O8. The molecule has 0 spiro atoms. The van der Waals surface area contributed by atoms with E-state index in [1.165, 1.54) is 0 Å². The third-order valence-corrected chi connectivity index (χ3v) is 5.26. The van der Waals surface area contributed by atoms with Crippen LogP contribution in [0.1, 0.15) is 24.0 Å². The zero-order chi connectivity index (χ0) is 25.1. The van der Waals surface area contributed by atoms with Gasteiger partial charge in [-0.3, -0.25) is 14.9 Å². The first-order chi connectivity index (χ1) is 16.4. The van der Waals surface area contributed by atoms with Gasteiger partial charge in [0.2, 0.25) is 17.4 Å². The number of benzene rings is 2. The van der Waals surface area contributed by atoms with Gasteiger partial charge in [0.1, 0.15) is 0 Å². The van der Waals surface area contributed by atoms with Crippen LogP contribution < -0.4 is 33.9 Å². The number of rotatable bonds is 14. The minimum atomic E-state index is -0.430. The minimum Gasteiger partial charge on any atom is -0.493 e. The summed E-state index contributed by atoms with van der Waals surface area (Å²) < 4.78 is 32.8. The summed E-state index contributed by atoms with van der Waals surface area (Å²) in [6, 6.07) is 7.57. The van der Waals surface area contributed by atoms with Crippen molar-refractivity contribution in [2.75, 3.05) is 49.2 Å². The van der Waals surface area contributed by atoms with Crippen LogP contribution in [0, 0.1) is 0 Å². The number of methoxy groups -OCH3 is 6. The third kappa shape index (κ3) is 6.82. The highest BCUT2D eigenvalue weighted by molar-refractivity contribution is 5.74. The Morgan fingerprint density at radius 2 is 1.12 bits per heavy atom. The molecule has 2 rings (SSSR count). The normalized spacial score (nSPS) is 10.6. The van der Waals surface area contributed by atoms with Gasteiger partial charge in [-0.2, -0.15) is 0 Å². The quantitative estimate of drug-likeness (QED) is 0.313. The Labute approximate surface area is 200 Å². The molecule has 1 amide bonds. The fourth-order valence-corrected chi connectivity index (χ4v) is 3.70. The van der Waals surface area contributed by atoms with E-state index in [2.05, 4.69) is 4.90 Å². The molecule has 0 aliphatic heterocycles. The van der Waals surface area contributed by atoms with Crippen molar-refractivity contribution in [3.63, 3.8) is 0 Å². The van der Waals surface area contributed by atoms with Gasteiger partial charge in [0.15, 0.2) is 23.0 Å². The van der Waals surface area contributed by atoms with E-state index < -0.39 is 5.91 Å². The summed E-state index contributed by atoms with van der Waals surface area (Å²) in [4.78, 5) is 13.7. The van der Waals surface area contributed by atoms with Crippen molar-refractivity contribution in [3.05, 3.63) is 35.4 Å². The van der Waals surface area contributed by atoms with Gasteiger partial charge in [-0.25, -0.2) is 5.48 Å². The van der Waals surface area contributed by atoms with Gasteiger partial charge in [-0.05, 0) is 48.4 Å². The average Bonchev–Trinajstić information content (AvgIpc) is 2.86. The smallest absolute Gasteiger partial charge is 0.243 e. The minimum absolute atomic E-state index is 0.192. The van der Waals surface area contributed by atoms with Gasteiger partial charge in [-0.1, -0.05) is 0 Å².